The van der Waals surface area contributed by atoms with Crippen molar-refractivity contribution >= 4 is 21.4 Å². The van der Waals surface area contributed by atoms with Crippen molar-refractivity contribution in [1.29, 1.82) is 0 Å². The molecule has 0 aliphatic carbocycles. The number of hydrogen-bond donors (Lipinski definition) is 3. The van der Waals surface area contributed by atoms with E-state index in [1.54, 1.807) is 12.5 Å². The van der Waals surface area contributed by atoms with Crippen LogP contribution in [0, 0.1) is 0 Å². The third-order valence-electron chi connectivity index (χ3n) is 2.60. The molecule has 102 valence electrons. The van der Waals surface area contributed by atoms with Gasteiger partial charge in [-0.2, -0.15) is 0 Å². The summed E-state index contributed by atoms with van der Waals surface area (Å²) in [4.78, 5) is 3.96. The first kappa shape index (κ1) is 13.4. The molecule has 1 aromatic heterocycles. The van der Waals surface area contributed by atoms with Crippen molar-refractivity contribution in [3.63, 3.8) is 0 Å². The minimum atomic E-state index is -3.72. The van der Waals surface area contributed by atoms with Crippen LogP contribution in [0.15, 0.2) is 41.8 Å². The summed E-state index contributed by atoms with van der Waals surface area (Å²) in [5, 5.41) is 8.14. The van der Waals surface area contributed by atoms with Crippen LogP contribution in [0.25, 0.3) is 0 Å². The second-order valence-electron chi connectivity index (χ2n) is 4.02. The van der Waals surface area contributed by atoms with E-state index in [0.717, 1.165) is 0 Å². The Morgan fingerprint density at radius 2 is 2.16 bits per heavy atom. The van der Waals surface area contributed by atoms with Gasteiger partial charge in [-0.25, -0.2) is 18.5 Å². The summed E-state index contributed by atoms with van der Waals surface area (Å²) in [7, 11) is -3.72. The zero-order valence-electron chi connectivity index (χ0n) is 10.2. The third-order valence-corrected chi connectivity index (χ3v) is 3.51. The molecule has 0 amide bonds. The van der Waals surface area contributed by atoms with Gasteiger partial charge in [-0.05, 0) is 18.2 Å². The number of sulfonamides is 1. The van der Waals surface area contributed by atoms with Gasteiger partial charge in [0, 0.05) is 25.5 Å². The quantitative estimate of drug-likeness (QED) is 0.678. The van der Waals surface area contributed by atoms with Crippen molar-refractivity contribution in [2.75, 3.05) is 17.6 Å². The van der Waals surface area contributed by atoms with Crippen molar-refractivity contribution in [2.45, 2.75) is 11.4 Å². The summed E-state index contributed by atoms with van der Waals surface area (Å²) in [5.74, 6) is 0. The van der Waals surface area contributed by atoms with Crippen molar-refractivity contribution in [1.82, 2.24) is 9.55 Å². The number of nitrogens with zero attached hydrogens (tertiary/aromatic N) is 2. The van der Waals surface area contributed by atoms with E-state index in [0.29, 0.717) is 24.5 Å². The highest BCUT2D eigenvalue weighted by Crippen LogP contribution is 2.21. The standard InChI is InChI=1S/C11H15N5O2S/c12-10-2-1-9(19(13,17)18)7-11(10)15-4-6-16-5-3-14-8-16/h1-3,5,7-8,15H,4,6,12H2,(H2,13,17,18). The number of hydrogen-bond acceptors (Lipinski definition) is 5. The molecule has 0 spiro atoms. The molecule has 1 heterocycles. The monoisotopic (exact) mass is 281 g/mol. The fourth-order valence-corrected chi connectivity index (χ4v) is 2.14. The van der Waals surface area contributed by atoms with E-state index in [4.69, 9.17) is 10.9 Å². The highest BCUT2D eigenvalue weighted by molar-refractivity contribution is 7.89. The highest BCUT2D eigenvalue weighted by Gasteiger charge is 2.09. The van der Waals surface area contributed by atoms with Gasteiger partial charge in [0.2, 0.25) is 10.0 Å². The van der Waals surface area contributed by atoms with Crippen LogP contribution in [0.2, 0.25) is 0 Å². The Hall–Kier alpha value is -2.06. The van der Waals surface area contributed by atoms with Crippen LogP contribution in [0.1, 0.15) is 0 Å². The minimum Gasteiger partial charge on any atom is -0.397 e. The van der Waals surface area contributed by atoms with Gasteiger partial charge in [0.15, 0.2) is 0 Å². The van der Waals surface area contributed by atoms with Gasteiger partial charge in [0.25, 0.3) is 0 Å². The van der Waals surface area contributed by atoms with Crippen LogP contribution in [0.3, 0.4) is 0 Å². The first-order valence-corrected chi connectivity index (χ1v) is 7.13. The predicted octanol–water partition coefficient (Wildman–Crippen LogP) is 0.225. The molecule has 0 atom stereocenters. The van der Waals surface area contributed by atoms with Gasteiger partial charge in [-0.1, -0.05) is 0 Å². The number of anilines is 2. The molecule has 8 heteroatoms. The molecule has 0 aliphatic rings. The van der Waals surface area contributed by atoms with Gasteiger partial charge in [0.05, 0.1) is 22.6 Å². The minimum absolute atomic E-state index is 0.0341. The summed E-state index contributed by atoms with van der Waals surface area (Å²) < 4.78 is 24.4. The highest BCUT2D eigenvalue weighted by atomic mass is 32.2. The van der Waals surface area contributed by atoms with Crippen LogP contribution in [-0.4, -0.2) is 24.5 Å². The fraction of sp³-hybridized carbons (Fsp3) is 0.182. The maximum Gasteiger partial charge on any atom is 0.238 e. The summed E-state index contributed by atoms with van der Waals surface area (Å²) in [6, 6.07) is 4.32. The van der Waals surface area contributed by atoms with Crippen LogP contribution in [0.4, 0.5) is 11.4 Å². The van der Waals surface area contributed by atoms with E-state index >= 15 is 0 Å². The Labute approximate surface area is 111 Å². The maximum absolute atomic E-state index is 11.3. The zero-order valence-corrected chi connectivity index (χ0v) is 11.0. The van der Waals surface area contributed by atoms with Crippen LogP contribution < -0.4 is 16.2 Å². The Bertz CT molecular complexity index is 652. The van der Waals surface area contributed by atoms with Crippen molar-refractivity contribution < 1.29 is 8.42 Å². The molecule has 0 unspecified atom stereocenters. The maximum atomic E-state index is 11.3. The normalized spacial score (nSPS) is 11.4. The molecule has 7 nitrogen and oxygen atoms in total. The van der Waals surface area contributed by atoms with Crippen molar-refractivity contribution in [3.05, 3.63) is 36.9 Å². The lowest BCUT2D eigenvalue weighted by Gasteiger charge is -2.11. The largest absolute Gasteiger partial charge is 0.397 e. The Kier molecular flexibility index (Phi) is 3.72. The SMILES string of the molecule is Nc1ccc(S(N)(=O)=O)cc1NCCn1ccnc1. The molecule has 5 N–H and O–H groups in total. The van der Waals surface area contributed by atoms with Gasteiger partial charge in [0.1, 0.15) is 0 Å². The van der Waals surface area contributed by atoms with E-state index in [9.17, 15) is 8.42 Å². The molecule has 0 bridgehead atoms. The van der Waals surface area contributed by atoms with E-state index in [1.807, 2.05) is 10.8 Å². The average Bonchev–Trinajstić information content (AvgIpc) is 2.83. The van der Waals surface area contributed by atoms with Crippen LogP contribution in [0.5, 0.6) is 0 Å². The molecule has 0 radical (unpaired) electrons. The first-order valence-electron chi connectivity index (χ1n) is 5.59. The molecule has 19 heavy (non-hydrogen) atoms. The number of rotatable bonds is 5. The summed E-state index contributed by atoms with van der Waals surface area (Å²) in [5.41, 5.74) is 6.79. The molecule has 0 aliphatic heterocycles. The predicted molar refractivity (Wildman–Crippen MR) is 72.9 cm³/mol. The Morgan fingerprint density at radius 3 is 2.79 bits per heavy atom. The van der Waals surface area contributed by atoms with Crippen molar-refractivity contribution in [3.8, 4) is 0 Å². The first-order chi connectivity index (χ1) is 8.97. The van der Waals surface area contributed by atoms with Crippen LogP contribution >= 0.6 is 0 Å². The summed E-state index contributed by atoms with van der Waals surface area (Å²) in [6.07, 6.45) is 5.23. The van der Waals surface area contributed by atoms with E-state index in [-0.39, 0.29) is 4.90 Å². The van der Waals surface area contributed by atoms with Gasteiger partial charge in [-0.3, -0.25) is 0 Å². The lowest BCUT2D eigenvalue weighted by molar-refractivity contribution is 0.598. The summed E-state index contributed by atoms with van der Waals surface area (Å²) in [6.45, 7) is 1.29. The van der Waals surface area contributed by atoms with Gasteiger partial charge < -0.3 is 15.6 Å². The Balaban J connectivity index is 2.07. The van der Waals surface area contributed by atoms with E-state index < -0.39 is 10.0 Å². The zero-order chi connectivity index (χ0) is 13.9. The number of nitrogen functional groups attached to an aromatic ring is 1. The molecule has 0 saturated heterocycles. The molecular weight excluding hydrogens is 266 g/mol. The molecule has 2 rings (SSSR count). The van der Waals surface area contributed by atoms with Gasteiger partial charge >= 0.3 is 0 Å². The average molecular weight is 281 g/mol. The van der Waals surface area contributed by atoms with Gasteiger partial charge in [-0.15, -0.1) is 0 Å². The lowest BCUT2D eigenvalue weighted by Crippen LogP contribution is -2.14. The Morgan fingerprint density at radius 1 is 1.37 bits per heavy atom. The number of benzene rings is 1. The van der Waals surface area contributed by atoms with Crippen molar-refractivity contribution in [2.24, 2.45) is 5.14 Å². The van der Waals surface area contributed by atoms with Crippen LogP contribution in [-0.2, 0) is 16.6 Å². The molecule has 0 saturated carbocycles. The number of nitrogens with two attached hydrogens (primary N) is 2. The molecule has 1 aromatic carbocycles. The fourth-order valence-electron chi connectivity index (χ4n) is 1.60. The summed E-state index contributed by atoms with van der Waals surface area (Å²) >= 11 is 0. The van der Waals surface area contributed by atoms with E-state index in [1.165, 1.54) is 18.2 Å². The number of nitrogens with one attached hydrogen (secondary N) is 1. The number of imidazole rings is 1. The molecular formula is C11H15N5O2S. The second kappa shape index (κ2) is 5.29. The smallest absolute Gasteiger partial charge is 0.238 e. The number of primary sulfonamides is 1. The third kappa shape index (κ3) is 3.46. The topological polar surface area (TPSA) is 116 Å². The molecule has 0 fully saturated rings. The lowest BCUT2D eigenvalue weighted by atomic mass is 10.2. The second-order valence-corrected chi connectivity index (χ2v) is 5.58. The molecule has 2 aromatic rings. The number of aromatic nitrogens is 2. The van der Waals surface area contributed by atoms with E-state index in [2.05, 4.69) is 10.3 Å².